The lowest BCUT2D eigenvalue weighted by atomic mass is 10.0. The Balaban J connectivity index is 2.73. The largest absolute Gasteiger partial charge is 0.399 e. The summed E-state index contributed by atoms with van der Waals surface area (Å²) in [5.41, 5.74) is 6.31. The first-order chi connectivity index (χ1) is 8.99. The Morgan fingerprint density at radius 2 is 2.21 bits per heavy atom. The van der Waals surface area contributed by atoms with Gasteiger partial charge in [-0.15, -0.1) is 0 Å². The van der Waals surface area contributed by atoms with Gasteiger partial charge in [-0.3, -0.25) is 4.79 Å². The standard InChI is InChI=1S/C14H21FN2O2/c1-3-10(4-5-18)8-17-14(19)12-7-11(16)6-9(2)13(12)15/h6-7,10,18H,3-5,8,16H2,1-2H3,(H,17,19). The fourth-order valence-corrected chi connectivity index (χ4v) is 1.93. The second-order valence-electron chi connectivity index (χ2n) is 4.70. The summed E-state index contributed by atoms with van der Waals surface area (Å²) in [6.45, 7) is 4.06. The van der Waals surface area contributed by atoms with E-state index in [9.17, 15) is 9.18 Å². The Bertz CT molecular complexity index is 449. The van der Waals surface area contributed by atoms with Gasteiger partial charge in [-0.1, -0.05) is 13.3 Å². The normalized spacial score (nSPS) is 12.2. The van der Waals surface area contributed by atoms with Gasteiger partial charge in [0.1, 0.15) is 5.82 Å². The molecule has 1 aromatic rings. The fraction of sp³-hybridized carbons (Fsp3) is 0.500. The first-order valence-electron chi connectivity index (χ1n) is 6.44. The van der Waals surface area contributed by atoms with Crippen molar-refractivity contribution in [3.05, 3.63) is 29.1 Å². The molecule has 0 spiro atoms. The first kappa shape index (κ1) is 15.4. The van der Waals surface area contributed by atoms with Gasteiger partial charge in [0.25, 0.3) is 5.91 Å². The smallest absolute Gasteiger partial charge is 0.254 e. The molecular formula is C14H21FN2O2. The van der Waals surface area contributed by atoms with E-state index < -0.39 is 11.7 Å². The van der Waals surface area contributed by atoms with Gasteiger partial charge in [-0.25, -0.2) is 4.39 Å². The molecule has 1 rings (SSSR count). The quantitative estimate of drug-likeness (QED) is 0.689. The number of hydrogen-bond donors (Lipinski definition) is 3. The molecule has 1 atom stereocenters. The number of aliphatic hydroxyl groups excluding tert-OH is 1. The van der Waals surface area contributed by atoms with Crippen LogP contribution in [0.15, 0.2) is 12.1 Å². The van der Waals surface area contributed by atoms with Crippen molar-refractivity contribution in [3.63, 3.8) is 0 Å². The van der Waals surface area contributed by atoms with E-state index in [4.69, 9.17) is 10.8 Å². The van der Waals surface area contributed by atoms with Crippen molar-refractivity contribution < 1.29 is 14.3 Å². The lowest BCUT2D eigenvalue weighted by Crippen LogP contribution is -2.30. The molecule has 0 saturated carbocycles. The molecule has 0 saturated heterocycles. The molecule has 0 aliphatic carbocycles. The van der Waals surface area contributed by atoms with Crippen molar-refractivity contribution in [2.45, 2.75) is 26.7 Å². The zero-order valence-corrected chi connectivity index (χ0v) is 11.4. The van der Waals surface area contributed by atoms with Crippen molar-refractivity contribution >= 4 is 11.6 Å². The number of aliphatic hydroxyl groups is 1. The van der Waals surface area contributed by atoms with Crippen LogP contribution in [0, 0.1) is 18.7 Å². The van der Waals surface area contributed by atoms with E-state index in [0.29, 0.717) is 24.2 Å². The third-order valence-corrected chi connectivity index (χ3v) is 3.19. The van der Waals surface area contributed by atoms with Crippen LogP contribution in [-0.2, 0) is 0 Å². The van der Waals surface area contributed by atoms with E-state index in [1.807, 2.05) is 6.92 Å². The maximum atomic E-state index is 13.8. The maximum absolute atomic E-state index is 13.8. The number of nitrogen functional groups attached to an aromatic ring is 1. The highest BCUT2D eigenvalue weighted by molar-refractivity contribution is 5.95. The van der Waals surface area contributed by atoms with Crippen LogP contribution in [0.1, 0.15) is 35.7 Å². The number of amides is 1. The summed E-state index contributed by atoms with van der Waals surface area (Å²) < 4.78 is 13.8. The van der Waals surface area contributed by atoms with Crippen molar-refractivity contribution in [1.29, 1.82) is 0 Å². The predicted octanol–water partition coefficient (Wildman–Crippen LogP) is 1.85. The molecule has 1 aromatic carbocycles. The number of anilines is 1. The van der Waals surface area contributed by atoms with E-state index in [0.717, 1.165) is 6.42 Å². The molecule has 0 fully saturated rings. The van der Waals surface area contributed by atoms with Gasteiger partial charge in [-0.05, 0) is 37.0 Å². The van der Waals surface area contributed by atoms with E-state index in [2.05, 4.69) is 5.32 Å². The topological polar surface area (TPSA) is 75.3 Å². The highest BCUT2D eigenvalue weighted by atomic mass is 19.1. The van der Waals surface area contributed by atoms with Gasteiger partial charge in [0.05, 0.1) is 5.56 Å². The molecule has 106 valence electrons. The lowest BCUT2D eigenvalue weighted by molar-refractivity contribution is 0.0939. The van der Waals surface area contributed by atoms with Crippen LogP contribution in [0.25, 0.3) is 0 Å². The first-order valence-corrected chi connectivity index (χ1v) is 6.44. The fourth-order valence-electron chi connectivity index (χ4n) is 1.93. The van der Waals surface area contributed by atoms with Crippen molar-refractivity contribution in [3.8, 4) is 0 Å². The highest BCUT2D eigenvalue weighted by Gasteiger charge is 2.15. The van der Waals surface area contributed by atoms with Crippen LogP contribution in [0.5, 0.6) is 0 Å². The molecule has 1 amide bonds. The molecule has 0 bridgehead atoms. The van der Waals surface area contributed by atoms with E-state index in [1.165, 1.54) is 12.1 Å². The Hall–Kier alpha value is -1.62. The van der Waals surface area contributed by atoms with Gasteiger partial charge in [0.2, 0.25) is 0 Å². The zero-order chi connectivity index (χ0) is 14.4. The van der Waals surface area contributed by atoms with Gasteiger partial charge < -0.3 is 16.2 Å². The van der Waals surface area contributed by atoms with Crippen LogP contribution in [-0.4, -0.2) is 24.2 Å². The van der Waals surface area contributed by atoms with Crippen molar-refractivity contribution in [2.24, 2.45) is 5.92 Å². The molecule has 0 aromatic heterocycles. The summed E-state index contributed by atoms with van der Waals surface area (Å²) in [7, 11) is 0. The molecule has 0 aliphatic heterocycles. The summed E-state index contributed by atoms with van der Waals surface area (Å²) in [6.07, 6.45) is 1.47. The molecule has 0 heterocycles. The number of carbonyl (C=O) groups excluding carboxylic acids is 1. The zero-order valence-electron chi connectivity index (χ0n) is 11.4. The average Bonchev–Trinajstić information content (AvgIpc) is 2.38. The molecule has 0 radical (unpaired) electrons. The monoisotopic (exact) mass is 268 g/mol. The van der Waals surface area contributed by atoms with E-state index >= 15 is 0 Å². The predicted molar refractivity (Wildman–Crippen MR) is 73.4 cm³/mol. The number of rotatable bonds is 6. The minimum Gasteiger partial charge on any atom is -0.399 e. The minimum atomic E-state index is -0.540. The summed E-state index contributed by atoms with van der Waals surface area (Å²) in [5, 5.41) is 11.6. The second kappa shape index (κ2) is 7.09. The number of halogens is 1. The van der Waals surface area contributed by atoms with Gasteiger partial charge in [-0.2, -0.15) is 0 Å². The SMILES string of the molecule is CCC(CCO)CNC(=O)c1cc(N)cc(C)c1F. The molecule has 4 nitrogen and oxygen atoms in total. The van der Waals surface area contributed by atoms with Gasteiger partial charge in [0.15, 0.2) is 0 Å². The third-order valence-electron chi connectivity index (χ3n) is 3.19. The highest BCUT2D eigenvalue weighted by Crippen LogP contribution is 2.17. The van der Waals surface area contributed by atoms with E-state index in [-0.39, 0.29) is 18.1 Å². The molecule has 5 heteroatoms. The van der Waals surface area contributed by atoms with Crippen molar-refractivity contribution in [1.82, 2.24) is 5.32 Å². The number of hydrogen-bond acceptors (Lipinski definition) is 3. The number of carbonyl (C=O) groups is 1. The van der Waals surface area contributed by atoms with Crippen LogP contribution in [0.4, 0.5) is 10.1 Å². The van der Waals surface area contributed by atoms with Crippen molar-refractivity contribution in [2.75, 3.05) is 18.9 Å². The maximum Gasteiger partial charge on any atom is 0.254 e. The summed E-state index contributed by atoms with van der Waals surface area (Å²) >= 11 is 0. The molecule has 0 aliphatic rings. The average molecular weight is 268 g/mol. The summed E-state index contributed by atoms with van der Waals surface area (Å²) in [6, 6.07) is 2.83. The van der Waals surface area contributed by atoms with Gasteiger partial charge >= 0.3 is 0 Å². The van der Waals surface area contributed by atoms with Crippen LogP contribution < -0.4 is 11.1 Å². The third kappa shape index (κ3) is 4.21. The Morgan fingerprint density at radius 1 is 1.53 bits per heavy atom. The summed E-state index contributed by atoms with van der Waals surface area (Å²) in [5.74, 6) is -0.814. The second-order valence-corrected chi connectivity index (χ2v) is 4.70. The molecular weight excluding hydrogens is 247 g/mol. The Labute approximate surface area is 112 Å². The Morgan fingerprint density at radius 3 is 2.79 bits per heavy atom. The van der Waals surface area contributed by atoms with Gasteiger partial charge in [0, 0.05) is 18.8 Å². The van der Waals surface area contributed by atoms with Crippen LogP contribution in [0.3, 0.4) is 0 Å². The lowest BCUT2D eigenvalue weighted by Gasteiger charge is -2.15. The molecule has 19 heavy (non-hydrogen) atoms. The molecule has 1 unspecified atom stereocenters. The minimum absolute atomic E-state index is 0.0312. The number of nitrogens with two attached hydrogens (primary N) is 1. The van der Waals surface area contributed by atoms with Crippen LogP contribution in [0.2, 0.25) is 0 Å². The molecule has 4 N–H and O–H groups in total. The Kier molecular flexibility index (Phi) is 5.76. The number of benzene rings is 1. The van der Waals surface area contributed by atoms with Crippen LogP contribution >= 0.6 is 0 Å². The number of aryl methyl sites for hydroxylation is 1. The number of nitrogens with one attached hydrogen (secondary N) is 1. The van der Waals surface area contributed by atoms with E-state index in [1.54, 1.807) is 6.92 Å². The summed E-state index contributed by atoms with van der Waals surface area (Å²) in [4.78, 5) is 11.9.